The molecule has 0 saturated heterocycles. The molecule has 0 fully saturated rings. The molecule has 0 atom stereocenters. The second-order valence-electron chi connectivity index (χ2n) is 5.24. The van der Waals surface area contributed by atoms with Crippen LogP contribution in [0.25, 0.3) is 0 Å². The predicted molar refractivity (Wildman–Crippen MR) is 73.0 cm³/mol. The van der Waals surface area contributed by atoms with E-state index in [0.717, 1.165) is 5.56 Å². The normalized spacial score (nSPS) is 11.9. The van der Waals surface area contributed by atoms with Crippen molar-refractivity contribution in [3.63, 3.8) is 0 Å². The molecule has 16 heavy (non-hydrogen) atoms. The van der Waals surface area contributed by atoms with E-state index in [2.05, 4.69) is 43.4 Å². The Morgan fingerprint density at radius 2 is 2.19 bits per heavy atom. The van der Waals surface area contributed by atoms with Crippen LogP contribution in [0.2, 0.25) is 25.7 Å². The van der Waals surface area contributed by atoms with Gasteiger partial charge in [-0.15, -0.1) is 0 Å². The largest absolute Gasteiger partial charge is 0.263 e. The van der Waals surface area contributed by atoms with Crippen LogP contribution in [-0.4, -0.2) is 13.1 Å². The number of pyridine rings is 1. The molecule has 1 rings (SSSR count). The lowest BCUT2D eigenvalue weighted by Gasteiger charge is -2.14. The van der Waals surface area contributed by atoms with Crippen LogP contribution in [0.3, 0.4) is 0 Å². The van der Waals surface area contributed by atoms with E-state index in [1.165, 1.54) is 11.6 Å². The molecule has 0 N–H and O–H groups in total. The van der Waals surface area contributed by atoms with Crippen molar-refractivity contribution in [1.82, 2.24) is 4.98 Å². The number of hydrogen-bond acceptors (Lipinski definition) is 1. The Bertz CT molecular complexity index is 416. The van der Waals surface area contributed by atoms with Crippen molar-refractivity contribution in [2.75, 3.05) is 0 Å². The highest BCUT2D eigenvalue weighted by atomic mass is 28.3. The molecule has 0 aliphatic carbocycles. The summed E-state index contributed by atoms with van der Waals surface area (Å²) >= 11 is 0. The summed E-state index contributed by atoms with van der Waals surface area (Å²) in [7, 11) is -0.998. The fourth-order valence-corrected chi connectivity index (χ4v) is 3.34. The van der Waals surface area contributed by atoms with Gasteiger partial charge in [-0.3, -0.25) is 4.98 Å². The minimum absolute atomic E-state index is 0.972. The van der Waals surface area contributed by atoms with Crippen LogP contribution in [-0.2, 0) is 0 Å². The minimum atomic E-state index is -0.998. The summed E-state index contributed by atoms with van der Waals surface area (Å²) in [6.45, 7) is 9.28. The summed E-state index contributed by atoms with van der Waals surface area (Å²) in [5.74, 6) is 6.18. The first-order chi connectivity index (χ1) is 7.47. The van der Waals surface area contributed by atoms with Gasteiger partial charge >= 0.3 is 0 Å². The quantitative estimate of drug-likeness (QED) is 0.556. The van der Waals surface area contributed by atoms with Gasteiger partial charge in [0.05, 0.1) is 0 Å². The van der Waals surface area contributed by atoms with Gasteiger partial charge in [0.1, 0.15) is 0 Å². The topological polar surface area (TPSA) is 12.9 Å². The molecule has 0 radical (unpaired) electrons. The summed E-state index contributed by atoms with van der Waals surface area (Å²) in [4.78, 5) is 4.03. The van der Waals surface area contributed by atoms with Gasteiger partial charge in [-0.25, -0.2) is 0 Å². The van der Waals surface area contributed by atoms with Crippen molar-refractivity contribution in [1.29, 1.82) is 0 Å². The van der Waals surface area contributed by atoms with E-state index in [-0.39, 0.29) is 0 Å². The van der Waals surface area contributed by atoms with Gasteiger partial charge in [0, 0.05) is 26.0 Å². The van der Waals surface area contributed by atoms with E-state index in [4.69, 9.17) is 0 Å². The molecule has 2 heteroatoms. The smallest absolute Gasteiger partial charge is 0.0483 e. The van der Waals surface area contributed by atoms with Crippen molar-refractivity contribution in [3.05, 3.63) is 41.7 Å². The van der Waals surface area contributed by atoms with Gasteiger partial charge in [0.15, 0.2) is 0 Å². The van der Waals surface area contributed by atoms with E-state index < -0.39 is 8.07 Å². The fraction of sp³-hybridized carbons (Fsp3) is 0.357. The fourth-order valence-electron chi connectivity index (χ4n) is 1.57. The zero-order valence-electron chi connectivity index (χ0n) is 10.5. The number of aromatic nitrogens is 1. The number of rotatable bonds is 2. The zero-order chi connectivity index (χ0) is 12.0. The van der Waals surface area contributed by atoms with Gasteiger partial charge in [0.25, 0.3) is 0 Å². The van der Waals surface area contributed by atoms with E-state index in [9.17, 15) is 0 Å². The van der Waals surface area contributed by atoms with E-state index in [1.807, 2.05) is 18.2 Å². The molecule has 84 valence electrons. The van der Waals surface area contributed by atoms with Crippen LogP contribution in [0.1, 0.15) is 12.5 Å². The van der Waals surface area contributed by atoms with Gasteiger partial charge < -0.3 is 0 Å². The number of allylic oxidation sites excluding steroid dienone is 2. The van der Waals surface area contributed by atoms with E-state index in [1.54, 1.807) is 12.4 Å². The summed E-state index contributed by atoms with van der Waals surface area (Å²) < 4.78 is 0. The molecule has 0 aromatic carbocycles. The molecule has 0 spiro atoms. The van der Waals surface area contributed by atoms with Crippen molar-refractivity contribution < 1.29 is 0 Å². The van der Waals surface area contributed by atoms with Gasteiger partial charge in [-0.1, -0.05) is 37.1 Å². The van der Waals surface area contributed by atoms with Crippen LogP contribution in [0, 0.1) is 11.8 Å². The zero-order valence-corrected chi connectivity index (χ0v) is 11.5. The van der Waals surface area contributed by atoms with Crippen molar-refractivity contribution in [2.45, 2.75) is 32.6 Å². The van der Waals surface area contributed by atoms with E-state index in [0.29, 0.717) is 0 Å². The van der Waals surface area contributed by atoms with Crippen molar-refractivity contribution in [2.24, 2.45) is 0 Å². The second-order valence-corrected chi connectivity index (χ2v) is 10.7. The summed E-state index contributed by atoms with van der Waals surface area (Å²) in [5.41, 5.74) is 2.36. The van der Waals surface area contributed by atoms with Crippen LogP contribution in [0.4, 0.5) is 0 Å². The van der Waals surface area contributed by atoms with Crippen LogP contribution in [0.15, 0.2) is 36.2 Å². The highest BCUT2D eigenvalue weighted by Crippen LogP contribution is 2.14. The standard InChI is InChI=1S/C14H19NSi/c1-13(12-16(2,3)4)7-5-8-14-9-6-10-15-11-14/h6-7,9-11H,12H2,1-4H3/b13-7+. The SMILES string of the molecule is C/C(=C\C#Cc1cccnc1)C[Si](C)(C)C. The number of nitrogens with zero attached hydrogens (tertiary/aromatic N) is 1. The highest BCUT2D eigenvalue weighted by Gasteiger charge is 2.12. The Hall–Kier alpha value is -1.33. The first-order valence-corrected chi connectivity index (χ1v) is 9.25. The van der Waals surface area contributed by atoms with Gasteiger partial charge in [-0.2, -0.15) is 0 Å². The molecule has 0 aliphatic rings. The maximum absolute atomic E-state index is 4.03. The molecule has 1 aromatic heterocycles. The average molecular weight is 229 g/mol. The molecular formula is C14H19NSi. The first kappa shape index (κ1) is 12.7. The summed E-state index contributed by atoms with van der Waals surface area (Å²) in [6, 6.07) is 5.10. The molecule has 1 nitrogen and oxygen atoms in total. The lowest BCUT2D eigenvalue weighted by atomic mass is 10.2. The predicted octanol–water partition coefficient (Wildman–Crippen LogP) is 3.72. The van der Waals surface area contributed by atoms with Crippen LogP contribution in [0.5, 0.6) is 0 Å². The third kappa shape index (κ3) is 5.52. The lowest BCUT2D eigenvalue weighted by Crippen LogP contribution is -2.19. The molecular weight excluding hydrogens is 210 g/mol. The van der Waals surface area contributed by atoms with E-state index >= 15 is 0 Å². The molecule has 1 heterocycles. The van der Waals surface area contributed by atoms with Crippen molar-refractivity contribution >= 4 is 8.07 Å². The molecule has 1 aromatic rings. The van der Waals surface area contributed by atoms with Gasteiger partial charge in [-0.05, 0) is 31.2 Å². The maximum Gasteiger partial charge on any atom is 0.0483 e. The second kappa shape index (κ2) is 5.67. The lowest BCUT2D eigenvalue weighted by molar-refractivity contribution is 1.31. The molecule has 0 amide bonds. The monoisotopic (exact) mass is 229 g/mol. The Balaban J connectivity index is 2.63. The number of hydrogen-bond donors (Lipinski definition) is 0. The van der Waals surface area contributed by atoms with Crippen molar-refractivity contribution in [3.8, 4) is 11.8 Å². The Kier molecular flexibility index (Phi) is 4.51. The molecule has 0 bridgehead atoms. The average Bonchev–Trinajstić information content (AvgIpc) is 2.16. The summed E-state index contributed by atoms with van der Waals surface area (Å²) in [5, 5.41) is 0. The van der Waals surface area contributed by atoms with Crippen LogP contribution < -0.4 is 0 Å². The molecule has 0 saturated carbocycles. The Labute approximate surface area is 99.6 Å². The molecule has 0 aliphatic heterocycles. The molecule has 0 unspecified atom stereocenters. The first-order valence-electron chi connectivity index (χ1n) is 5.54. The third-order valence-electron chi connectivity index (χ3n) is 2.01. The van der Waals surface area contributed by atoms with Crippen LogP contribution >= 0.6 is 0 Å². The summed E-state index contributed by atoms with van der Waals surface area (Å²) in [6.07, 6.45) is 5.58. The Morgan fingerprint density at radius 3 is 2.75 bits per heavy atom. The van der Waals surface area contributed by atoms with Gasteiger partial charge in [0.2, 0.25) is 0 Å². The maximum atomic E-state index is 4.03. The highest BCUT2D eigenvalue weighted by molar-refractivity contribution is 6.76. The minimum Gasteiger partial charge on any atom is -0.263 e. The third-order valence-corrected chi connectivity index (χ3v) is 3.62. The Morgan fingerprint density at radius 1 is 1.44 bits per heavy atom.